The highest BCUT2D eigenvalue weighted by molar-refractivity contribution is 6.06. The Balaban J connectivity index is 1.04. The molecule has 3 heterocycles. The van der Waals surface area contributed by atoms with E-state index >= 15 is 0 Å². The number of benzene rings is 7. The molecule has 0 saturated heterocycles. The first-order valence-electron chi connectivity index (χ1n) is 17.9. The fraction of sp³-hybridized carbons (Fsp3) is 0. The van der Waals surface area contributed by atoms with Crippen molar-refractivity contribution >= 4 is 32.7 Å². The normalized spacial score (nSPS) is 11.3. The van der Waals surface area contributed by atoms with Crippen molar-refractivity contribution in [1.82, 2.24) is 29.9 Å². The zero-order chi connectivity index (χ0) is 35.8. The van der Waals surface area contributed by atoms with Crippen LogP contribution in [0.1, 0.15) is 0 Å². The summed E-state index contributed by atoms with van der Waals surface area (Å²) in [6.45, 7) is 0. The molecule has 6 heteroatoms. The van der Waals surface area contributed by atoms with Gasteiger partial charge in [-0.15, -0.1) is 0 Å². The van der Waals surface area contributed by atoms with Crippen LogP contribution in [0.4, 0.5) is 0 Å². The second-order valence-corrected chi connectivity index (χ2v) is 13.2. The molecule has 0 atom stereocenters. The SMILES string of the molecule is c1ccc(-c2nc(-c3ccccc3)nc(-c3ccc(-c4nc5ccccc5nc4-c4ccc(-c5ccc6ccc7cccnc7c6c5)cc4)cc3)n2)cc1. The molecule has 0 saturated carbocycles. The van der Waals surface area contributed by atoms with E-state index in [2.05, 4.69) is 84.9 Å². The van der Waals surface area contributed by atoms with Gasteiger partial charge < -0.3 is 0 Å². The highest BCUT2D eigenvalue weighted by Crippen LogP contribution is 2.35. The van der Waals surface area contributed by atoms with Crippen LogP contribution < -0.4 is 0 Å². The molecule has 3 aromatic heterocycles. The molecule has 0 spiro atoms. The Morgan fingerprint density at radius 3 is 1.31 bits per heavy atom. The molecule has 0 bridgehead atoms. The van der Waals surface area contributed by atoms with Gasteiger partial charge >= 0.3 is 0 Å². The highest BCUT2D eigenvalue weighted by atomic mass is 15.0. The molecule has 6 nitrogen and oxygen atoms in total. The van der Waals surface area contributed by atoms with Crippen LogP contribution in [-0.2, 0) is 0 Å². The maximum atomic E-state index is 5.17. The van der Waals surface area contributed by atoms with E-state index in [0.29, 0.717) is 17.5 Å². The molecule has 54 heavy (non-hydrogen) atoms. The lowest BCUT2D eigenvalue weighted by molar-refractivity contribution is 1.07. The molecule has 252 valence electrons. The Labute approximate surface area is 311 Å². The first-order chi connectivity index (χ1) is 26.7. The number of rotatable bonds is 6. The molecule has 10 aromatic rings. The summed E-state index contributed by atoms with van der Waals surface area (Å²) in [5.41, 5.74) is 11.3. The van der Waals surface area contributed by atoms with Gasteiger partial charge in [-0.1, -0.05) is 152 Å². The fourth-order valence-electron chi connectivity index (χ4n) is 6.98. The third-order valence-electron chi connectivity index (χ3n) is 9.77. The Bertz CT molecular complexity index is 2910. The Kier molecular flexibility index (Phi) is 7.69. The summed E-state index contributed by atoms with van der Waals surface area (Å²) in [7, 11) is 0. The van der Waals surface area contributed by atoms with E-state index in [1.807, 2.05) is 97.2 Å². The Morgan fingerprint density at radius 1 is 0.296 bits per heavy atom. The van der Waals surface area contributed by atoms with Crippen LogP contribution in [0.3, 0.4) is 0 Å². The van der Waals surface area contributed by atoms with E-state index in [1.165, 1.54) is 5.39 Å². The van der Waals surface area contributed by atoms with Gasteiger partial charge in [-0.2, -0.15) is 0 Å². The van der Waals surface area contributed by atoms with Gasteiger partial charge in [0.15, 0.2) is 17.5 Å². The standard InChI is InChI=1S/C48H30N6/c1-3-10-36(11-4-1)46-52-47(37-12-5-2-6-13-37)54-48(53-46)38-26-24-35(25-27-38)45-44(50-41-15-7-8-16-42(41)51-45)34-21-17-31(18-22-34)39-28-20-32-19-23-33-14-9-29-49-43(33)40(32)30-39/h1-30H. The maximum absolute atomic E-state index is 5.17. The first-order valence-corrected chi connectivity index (χ1v) is 17.9. The van der Waals surface area contributed by atoms with Crippen molar-refractivity contribution < 1.29 is 0 Å². The van der Waals surface area contributed by atoms with Crippen molar-refractivity contribution in [3.05, 3.63) is 182 Å². The number of pyridine rings is 1. The van der Waals surface area contributed by atoms with E-state index in [0.717, 1.165) is 77.7 Å². The molecule has 7 aromatic carbocycles. The van der Waals surface area contributed by atoms with E-state index in [1.54, 1.807) is 0 Å². The maximum Gasteiger partial charge on any atom is 0.164 e. The summed E-state index contributed by atoms with van der Waals surface area (Å²) in [6, 6.07) is 59.9. The molecule has 10 rings (SSSR count). The lowest BCUT2D eigenvalue weighted by Crippen LogP contribution is -2.00. The third-order valence-corrected chi connectivity index (χ3v) is 9.77. The molecule has 0 radical (unpaired) electrons. The second-order valence-electron chi connectivity index (χ2n) is 13.2. The molecule has 0 aliphatic heterocycles. The summed E-state index contributed by atoms with van der Waals surface area (Å²) >= 11 is 0. The quantitative estimate of drug-likeness (QED) is 0.162. The summed E-state index contributed by atoms with van der Waals surface area (Å²) in [5, 5.41) is 3.45. The number of para-hydroxylation sites is 2. The Morgan fingerprint density at radius 2 is 0.741 bits per heavy atom. The monoisotopic (exact) mass is 690 g/mol. The number of aromatic nitrogens is 6. The number of fused-ring (bicyclic) bond motifs is 4. The average molecular weight is 691 g/mol. The zero-order valence-corrected chi connectivity index (χ0v) is 29.0. The minimum Gasteiger partial charge on any atom is -0.256 e. The van der Waals surface area contributed by atoms with Crippen LogP contribution in [0, 0.1) is 0 Å². The molecule has 0 amide bonds. The van der Waals surface area contributed by atoms with Gasteiger partial charge in [-0.05, 0) is 40.8 Å². The molecule has 0 fully saturated rings. The first kappa shape index (κ1) is 31.3. The molecular weight excluding hydrogens is 661 g/mol. The molecule has 0 aliphatic carbocycles. The summed E-state index contributed by atoms with van der Waals surface area (Å²) < 4.78 is 0. The van der Waals surface area contributed by atoms with Crippen LogP contribution in [0.5, 0.6) is 0 Å². The number of hydrogen-bond donors (Lipinski definition) is 0. The topological polar surface area (TPSA) is 77.3 Å². The van der Waals surface area contributed by atoms with E-state index in [-0.39, 0.29) is 0 Å². The van der Waals surface area contributed by atoms with E-state index in [4.69, 9.17) is 29.9 Å². The van der Waals surface area contributed by atoms with E-state index < -0.39 is 0 Å². The van der Waals surface area contributed by atoms with Crippen LogP contribution in [0.15, 0.2) is 182 Å². The van der Waals surface area contributed by atoms with E-state index in [9.17, 15) is 0 Å². The lowest BCUT2D eigenvalue weighted by atomic mass is 9.97. The van der Waals surface area contributed by atoms with Crippen molar-refractivity contribution in [3.63, 3.8) is 0 Å². The second kappa shape index (κ2) is 13.3. The van der Waals surface area contributed by atoms with Crippen molar-refractivity contribution in [2.75, 3.05) is 0 Å². The summed E-state index contributed by atoms with van der Waals surface area (Å²) in [5.74, 6) is 1.86. The molecule has 0 unspecified atom stereocenters. The number of hydrogen-bond acceptors (Lipinski definition) is 6. The predicted molar refractivity (Wildman–Crippen MR) is 218 cm³/mol. The Hall–Kier alpha value is -7.44. The summed E-state index contributed by atoms with van der Waals surface area (Å²) in [6.07, 6.45) is 1.86. The highest BCUT2D eigenvalue weighted by Gasteiger charge is 2.16. The van der Waals surface area contributed by atoms with Gasteiger partial charge in [0.05, 0.1) is 27.9 Å². The van der Waals surface area contributed by atoms with Gasteiger partial charge in [0.1, 0.15) is 0 Å². The summed E-state index contributed by atoms with van der Waals surface area (Å²) in [4.78, 5) is 29.7. The average Bonchev–Trinajstić information content (AvgIpc) is 3.26. The van der Waals surface area contributed by atoms with Crippen molar-refractivity contribution in [2.45, 2.75) is 0 Å². The van der Waals surface area contributed by atoms with Crippen molar-refractivity contribution in [3.8, 4) is 67.8 Å². The van der Waals surface area contributed by atoms with Gasteiger partial charge in [-0.3, -0.25) is 4.98 Å². The minimum atomic E-state index is 0.604. The lowest BCUT2D eigenvalue weighted by Gasteiger charge is -2.12. The minimum absolute atomic E-state index is 0.604. The van der Waals surface area contributed by atoms with Gasteiger partial charge in [0.25, 0.3) is 0 Å². The van der Waals surface area contributed by atoms with Gasteiger partial charge in [-0.25, -0.2) is 24.9 Å². The zero-order valence-electron chi connectivity index (χ0n) is 29.0. The van der Waals surface area contributed by atoms with Crippen LogP contribution in [0.25, 0.3) is 101 Å². The third kappa shape index (κ3) is 5.82. The van der Waals surface area contributed by atoms with Crippen molar-refractivity contribution in [1.29, 1.82) is 0 Å². The molecular formula is C48H30N6. The van der Waals surface area contributed by atoms with Crippen LogP contribution in [-0.4, -0.2) is 29.9 Å². The largest absolute Gasteiger partial charge is 0.256 e. The fourth-order valence-corrected chi connectivity index (χ4v) is 6.98. The number of nitrogens with zero attached hydrogens (tertiary/aromatic N) is 6. The van der Waals surface area contributed by atoms with Crippen molar-refractivity contribution in [2.24, 2.45) is 0 Å². The predicted octanol–water partition coefficient (Wildman–Crippen LogP) is 11.5. The molecule has 0 aliphatic rings. The van der Waals surface area contributed by atoms with Gasteiger partial charge in [0, 0.05) is 44.8 Å². The van der Waals surface area contributed by atoms with Crippen LogP contribution in [0.2, 0.25) is 0 Å². The smallest absolute Gasteiger partial charge is 0.164 e. The van der Waals surface area contributed by atoms with Gasteiger partial charge in [0.2, 0.25) is 0 Å². The molecule has 0 N–H and O–H groups in total. The van der Waals surface area contributed by atoms with Crippen LogP contribution >= 0.6 is 0 Å².